The van der Waals surface area contributed by atoms with E-state index in [1.165, 1.54) is 12.1 Å². The maximum atomic E-state index is 13.5. The molecule has 0 unspecified atom stereocenters. The summed E-state index contributed by atoms with van der Waals surface area (Å²) in [6.45, 7) is 1.69. The van der Waals surface area contributed by atoms with Gasteiger partial charge in [-0.3, -0.25) is 4.79 Å². The van der Waals surface area contributed by atoms with E-state index in [9.17, 15) is 18.0 Å². The number of fused-ring (bicyclic) bond motifs is 1. The van der Waals surface area contributed by atoms with Gasteiger partial charge in [0, 0.05) is 24.7 Å². The highest BCUT2D eigenvalue weighted by atomic mass is 19.3. The molecule has 0 saturated carbocycles. The van der Waals surface area contributed by atoms with Crippen LogP contribution in [-0.4, -0.2) is 62.2 Å². The van der Waals surface area contributed by atoms with Crippen molar-refractivity contribution in [2.75, 3.05) is 25.0 Å². The number of likely N-dealkylation sites (tertiary alicyclic amines) is 1. The molecular formula is C23H23F3N6O2. The largest absolute Gasteiger partial charge is 0.457 e. The van der Waals surface area contributed by atoms with Crippen molar-refractivity contribution in [3.05, 3.63) is 53.5 Å². The molecular weight excluding hydrogens is 449 g/mol. The lowest BCUT2D eigenvalue weighted by Crippen LogP contribution is -2.36. The van der Waals surface area contributed by atoms with Crippen molar-refractivity contribution in [2.24, 2.45) is 0 Å². The topological polar surface area (TPSA) is 85.2 Å². The van der Waals surface area contributed by atoms with Gasteiger partial charge in [0.1, 0.15) is 18.2 Å². The molecule has 1 amide bonds. The summed E-state index contributed by atoms with van der Waals surface area (Å²) in [5.74, 6) is -2.38. The second-order valence-corrected chi connectivity index (χ2v) is 8.62. The summed E-state index contributed by atoms with van der Waals surface area (Å²) >= 11 is 0. The number of hydrogen-bond acceptors (Lipinski definition) is 6. The Morgan fingerprint density at radius 3 is 2.76 bits per heavy atom. The summed E-state index contributed by atoms with van der Waals surface area (Å²) in [6.07, 6.45) is 1.01. The Kier molecular flexibility index (Phi) is 5.62. The van der Waals surface area contributed by atoms with Crippen LogP contribution in [0.15, 0.2) is 36.4 Å². The van der Waals surface area contributed by atoms with Crippen LogP contribution < -0.4 is 10.1 Å². The zero-order valence-electron chi connectivity index (χ0n) is 18.5. The maximum absolute atomic E-state index is 13.5. The Bertz CT molecular complexity index is 1210. The molecule has 1 N–H and O–H groups in total. The number of alkyl halides is 2. The second-order valence-electron chi connectivity index (χ2n) is 8.62. The molecule has 2 aliphatic heterocycles. The van der Waals surface area contributed by atoms with Gasteiger partial charge in [-0.2, -0.15) is 4.98 Å². The first-order chi connectivity index (χ1) is 16.3. The summed E-state index contributed by atoms with van der Waals surface area (Å²) in [5.41, 5.74) is 2.04. The van der Waals surface area contributed by atoms with Gasteiger partial charge in [-0.1, -0.05) is 12.1 Å². The quantitative estimate of drug-likeness (QED) is 0.615. The number of hydrogen-bond donors (Lipinski definition) is 1. The third-order valence-corrected chi connectivity index (χ3v) is 5.92. The number of aromatic nitrogens is 4. The summed E-state index contributed by atoms with van der Waals surface area (Å²) in [5, 5.41) is 7.51. The molecule has 34 heavy (non-hydrogen) atoms. The number of nitrogens with one attached hydrogen (secondary N) is 1. The second kappa shape index (κ2) is 8.62. The van der Waals surface area contributed by atoms with Gasteiger partial charge in [0.05, 0.1) is 12.1 Å². The van der Waals surface area contributed by atoms with Gasteiger partial charge in [-0.15, -0.1) is 5.10 Å². The Labute approximate surface area is 193 Å². The fourth-order valence-electron chi connectivity index (χ4n) is 4.17. The monoisotopic (exact) mass is 472 g/mol. The number of carbonyl (C=O) groups excluding carboxylic acids is 1. The van der Waals surface area contributed by atoms with Crippen molar-refractivity contribution in [3.63, 3.8) is 0 Å². The van der Waals surface area contributed by atoms with Crippen LogP contribution >= 0.6 is 0 Å². The third-order valence-electron chi connectivity index (χ3n) is 5.92. The molecule has 5 rings (SSSR count). The fraction of sp³-hybridized carbons (Fsp3) is 0.391. The first kappa shape index (κ1) is 22.2. The molecule has 3 aromatic rings. The number of amides is 1. The van der Waals surface area contributed by atoms with E-state index in [1.54, 1.807) is 36.1 Å². The molecule has 2 aromatic heterocycles. The SMILES string of the molecule is Cc1nc(N[C@H]2CCN(C(=O)Cc3ccc(F)cc3)C2)ccc1-c1nc2n(n1)CC(F)(F)CO2. The average Bonchev–Trinajstić information content (AvgIpc) is 3.41. The number of benzene rings is 1. The van der Waals surface area contributed by atoms with Gasteiger partial charge in [-0.05, 0) is 43.2 Å². The van der Waals surface area contributed by atoms with E-state index in [4.69, 9.17) is 4.74 Å². The van der Waals surface area contributed by atoms with E-state index in [0.717, 1.165) is 16.7 Å². The van der Waals surface area contributed by atoms with E-state index in [1.807, 2.05) is 0 Å². The van der Waals surface area contributed by atoms with E-state index < -0.39 is 19.1 Å². The van der Waals surface area contributed by atoms with Crippen LogP contribution in [0, 0.1) is 12.7 Å². The predicted molar refractivity (Wildman–Crippen MR) is 117 cm³/mol. The zero-order chi connectivity index (χ0) is 23.9. The number of aryl methyl sites for hydroxylation is 1. The van der Waals surface area contributed by atoms with Gasteiger partial charge in [0.25, 0.3) is 0 Å². The Morgan fingerprint density at radius 2 is 2.00 bits per heavy atom. The number of carbonyl (C=O) groups is 1. The van der Waals surface area contributed by atoms with Crippen LogP contribution in [0.5, 0.6) is 6.01 Å². The number of nitrogens with zero attached hydrogens (tertiary/aromatic N) is 5. The standard InChI is InChI=1S/C23H23F3N6O2/c1-14-18(21-29-22-32(30-21)12-23(25,26)13-34-22)6-7-19(27-14)28-17-8-9-31(11-17)20(33)10-15-2-4-16(24)5-3-15/h2-7,17H,8-13H2,1H3,(H,27,28)/t17-/m0/s1. The van der Waals surface area contributed by atoms with E-state index in [-0.39, 0.29) is 36.0 Å². The van der Waals surface area contributed by atoms with Crippen LogP contribution in [0.1, 0.15) is 17.7 Å². The summed E-state index contributed by atoms with van der Waals surface area (Å²) in [4.78, 5) is 23.2. The fourth-order valence-corrected chi connectivity index (χ4v) is 4.17. The van der Waals surface area contributed by atoms with Crippen LogP contribution in [0.3, 0.4) is 0 Å². The summed E-state index contributed by atoms with van der Waals surface area (Å²) < 4.78 is 46.3. The molecule has 4 heterocycles. The van der Waals surface area contributed by atoms with Gasteiger partial charge >= 0.3 is 11.9 Å². The molecule has 2 aliphatic rings. The van der Waals surface area contributed by atoms with Crippen LogP contribution in [0.4, 0.5) is 19.0 Å². The molecule has 178 valence electrons. The van der Waals surface area contributed by atoms with Crippen molar-refractivity contribution in [1.82, 2.24) is 24.6 Å². The first-order valence-electron chi connectivity index (χ1n) is 11.0. The molecule has 11 heteroatoms. The van der Waals surface area contributed by atoms with Gasteiger partial charge in [-0.25, -0.2) is 22.8 Å². The van der Waals surface area contributed by atoms with E-state index in [0.29, 0.717) is 30.2 Å². The number of rotatable bonds is 5. The average molecular weight is 472 g/mol. The van der Waals surface area contributed by atoms with Crippen LogP contribution in [-0.2, 0) is 17.8 Å². The zero-order valence-corrected chi connectivity index (χ0v) is 18.5. The lowest BCUT2D eigenvalue weighted by Gasteiger charge is -2.21. The minimum absolute atomic E-state index is 0.00184. The Balaban J connectivity index is 1.21. The minimum atomic E-state index is -2.98. The van der Waals surface area contributed by atoms with Gasteiger partial charge in [0.15, 0.2) is 12.4 Å². The molecule has 1 fully saturated rings. The van der Waals surface area contributed by atoms with Crippen molar-refractivity contribution in [3.8, 4) is 17.4 Å². The number of pyridine rings is 1. The highest BCUT2D eigenvalue weighted by molar-refractivity contribution is 5.79. The van der Waals surface area contributed by atoms with Gasteiger partial charge < -0.3 is 15.0 Å². The molecule has 0 aliphatic carbocycles. The lowest BCUT2D eigenvalue weighted by molar-refractivity contribution is -0.129. The van der Waals surface area contributed by atoms with Crippen molar-refractivity contribution in [1.29, 1.82) is 0 Å². The van der Waals surface area contributed by atoms with Crippen molar-refractivity contribution in [2.45, 2.75) is 38.3 Å². The molecule has 1 saturated heterocycles. The molecule has 1 atom stereocenters. The highest BCUT2D eigenvalue weighted by Crippen LogP contribution is 2.29. The summed E-state index contributed by atoms with van der Waals surface area (Å²) in [7, 11) is 0. The number of halogens is 3. The lowest BCUT2D eigenvalue weighted by atomic mass is 10.1. The molecule has 8 nitrogen and oxygen atoms in total. The normalized spacial score (nSPS) is 18.9. The smallest absolute Gasteiger partial charge is 0.315 e. The van der Waals surface area contributed by atoms with E-state index in [2.05, 4.69) is 20.4 Å². The van der Waals surface area contributed by atoms with Crippen molar-refractivity contribution >= 4 is 11.7 Å². The predicted octanol–water partition coefficient (Wildman–Crippen LogP) is 3.07. The van der Waals surface area contributed by atoms with Crippen LogP contribution in [0.25, 0.3) is 11.4 Å². The van der Waals surface area contributed by atoms with Crippen LogP contribution in [0.2, 0.25) is 0 Å². The number of ether oxygens (including phenoxy) is 1. The molecule has 0 bridgehead atoms. The Hall–Kier alpha value is -3.63. The number of anilines is 1. The van der Waals surface area contributed by atoms with E-state index >= 15 is 0 Å². The Morgan fingerprint density at radius 1 is 1.21 bits per heavy atom. The van der Waals surface area contributed by atoms with Gasteiger partial charge in [0.2, 0.25) is 5.91 Å². The summed E-state index contributed by atoms with van der Waals surface area (Å²) in [6, 6.07) is 9.63. The molecule has 0 spiro atoms. The first-order valence-corrected chi connectivity index (χ1v) is 11.0. The maximum Gasteiger partial charge on any atom is 0.315 e. The molecule has 1 aromatic carbocycles. The highest BCUT2D eigenvalue weighted by Gasteiger charge is 2.38. The molecule has 0 radical (unpaired) electrons. The third kappa shape index (κ3) is 4.68. The van der Waals surface area contributed by atoms with Crippen molar-refractivity contribution < 1.29 is 22.7 Å². The minimum Gasteiger partial charge on any atom is -0.457 e.